The molecule has 0 radical (unpaired) electrons. The number of aliphatic hydroxyl groups excluding tert-OH is 1. The van der Waals surface area contributed by atoms with E-state index in [0.717, 1.165) is 16.7 Å². The van der Waals surface area contributed by atoms with Crippen LogP contribution in [0, 0.1) is 6.92 Å². The van der Waals surface area contributed by atoms with Crippen molar-refractivity contribution in [1.82, 2.24) is 0 Å². The Hall–Kier alpha value is -1.55. The number of aliphatic hydroxyl groups is 1. The summed E-state index contributed by atoms with van der Waals surface area (Å²) in [6, 6.07) is 13.1. The van der Waals surface area contributed by atoms with Crippen LogP contribution in [0.2, 0.25) is 5.02 Å². The van der Waals surface area contributed by atoms with E-state index >= 15 is 0 Å². The van der Waals surface area contributed by atoms with Crippen molar-refractivity contribution in [3.8, 4) is 5.75 Å². The zero-order chi connectivity index (χ0) is 15.4. The molecule has 0 saturated heterocycles. The highest BCUT2D eigenvalue weighted by atomic mass is 35.5. The predicted octanol–water partition coefficient (Wildman–Crippen LogP) is 3.43. The smallest absolute Gasteiger partial charge is 0.122 e. The number of ether oxygens (including phenoxy) is 1. The van der Waals surface area contributed by atoms with Gasteiger partial charge < -0.3 is 15.6 Å². The molecule has 0 heterocycles. The summed E-state index contributed by atoms with van der Waals surface area (Å²) in [7, 11) is 1.60. The third-order valence-electron chi connectivity index (χ3n) is 3.61. The van der Waals surface area contributed by atoms with E-state index in [9.17, 15) is 5.11 Å². The fourth-order valence-corrected chi connectivity index (χ4v) is 2.69. The van der Waals surface area contributed by atoms with Gasteiger partial charge in [0, 0.05) is 23.0 Å². The van der Waals surface area contributed by atoms with E-state index in [0.29, 0.717) is 17.3 Å². The summed E-state index contributed by atoms with van der Waals surface area (Å²) in [6.07, 6.45) is -0.706. The van der Waals surface area contributed by atoms with Crippen molar-refractivity contribution in [2.45, 2.75) is 18.9 Å². The molecule has 0 aliphatic heterocycles. The minimum absolute atomic E-state index is 0.277. The van der Waals surface area contributed by atoms with E-state index in [1.807, 2.05) is 31.2 Å². The van der Waals surface area contributed by atoms with Gasteiger partial charge in [0.2, 0.25) is 0 Å². The molecule has 0 aliphatic rings. The highest BCUT2D eigenvalue weighted by Gasteiger charge is 2.24. The minimum Gasteiger partial charge on any atom is -0.496 e. The summed E-state index contributed by atoms with van der Waals surface area (Å²) >= 11 is 6.07. The van der Waals surface area contributed by atoms with Gasteiger partial charge in [-0.25, -0.2) is 0 Å². The van der Waals surface area contributed by atoms with Crippen LogP contribution in [0.5, 0.6) is 5.75 Å². The summed E-state index contributed by atoms with van der Waals surface area (Å²) < 4.78 is 5.37. The van der Waals surface area contributed by atoms with Crippen LogP contribution in [0.3, 0.4) is 0 Å². The maximum absolute atomic E-state index is 10.7. The van der Waals surface area contributed by atoms with Crippen LogP contribution < -0.4 is 10.5 Å². The number of halogens is 1. The third kappa shape index (κ3) is 3.56. The minimum atomic E-state index is -0.706. The average Bonchev–Trinajstić information content (AvgIpc) is 2.48. The molecule has 3 N–H and O–H groups in total. The van der Waals surface area contributed by atoms with Crippen molar-refractivity contribution < 1.29 is 9.84 Å². The van der Waals surface area contributed by atoms with Gasteiger partial charge in [0.1, 0.15) is 5.75 Å². The molecule has 112 valence electrons. The van der Waals surface area contributed by atoms with Crippen LogP contribution in [0.15, 0.2) is 42.5 Å². The lowest BCUT2D eigenvalue weighted by Gasteiger charge is -2.24. The normalized spacial score (nSPS) is 13.8. The van der Waals surface area contributed by atoms with Crippen molar-refractivity contribution in [3.63, 3.8) is 0 Å². The topological polar surface area (TPSA) is 55.5 Å². The lowest BCUT2D eigenvalue weighted by molar-refractivity contribution is 0.146. The Labute approximate surface area is 130 Å². The van der Waals surface area contributed by atoms with Crippen LogP contribution >= 0.6 is 11.6 Å². The van der Waals surface area contributed by atoms with E-state index in [2.05, 4.69) is 0 Å². The van der Waals surface area contributed by atoms with Crippen LogP contribution in [0.4, 0.5) is 0 Å². The number of rotatable bonds is 5. The Morgan fingerprint density at radius 1 is 1.24 bits per heavy atom. The number of aryl methyl sites for hydroxylation is 1. The molecule has 0 amide bonds. The van der Waals surface area contributed by atoms with Gasteiger partial charge in [-0.2, -0.15) is 0 Å². The molecule has 0 fully saturated rings. The molecule has 0 saturated carbocycles. The summed E-state index contributed by atoms with van der Waals surface area (Å²) in [5.41, 5.74) is 8.65. The van der Waals surface area contributed by atoms with E-state index in [1.54, 1.807) is 25.3 Å². The van der Waals surface area contributed by atoms with Crippen LogP contribution in [-0.2, 0) is 0 Å². The summed E-state index contributed by atoms with van der Waals surface area (Å²) in [5, 5.41) is 11.3. The molecule has 2 unspecified atom stereocenters. The first-order valence-corrected chi connectivity index (χ1v) is 7.22. The van der Waals surface area contributed by atoms with E-state index in [1.165, 1.54) is 0 Å². The monoisotopic (exact) mass is 305 g/mol. The molecular weight excluding hydrogens is 286 g/mol. The first kappa shape index (κ1) is 15.8. The molecular formula is C17H20ClNO2. The molecule has 21 heavy (non-hydrogen) atoms. The standard InChI is InChI=1S/C17H20ClNO2/c1-11-4-3-5-12(8-11)17(20)15(10-19)14-9-13(18)6-7-16(14)21-2/h3-9,15,17,20H,10,19H2,1-2H3. The van der Waals surface area contributed by atoms with E-state index < -0.39 is 6.10 Å². The Morgan fingerprint density at radius 3 is 2.62 bits per heavy atom. The Balaban J connectivity index is 2.41. The highest BCUT2D eigenvalue weighted by molar-refractivity contribution is 6.30. The van der Waals surface area contributed by atoms with Gasteiger partial charge >= 0.3 is 0 Å². The molecule has 3 nitrogen and oxygen atoms in total. The molecule has 0 spiro atoms. The molecule has 0 aliphatic carbocycles. The second kappa shape index (κ2) is 6.94. The van der Waals surface area contributed by atoms with E-state index in [-0.39, 0.29) is 5.92 Å². The van der Waals surface area contributed by atoms with Gasteiger partial charge in [0.05, 0.1) is 13.2 Å². The number of methoxy groups -OCH3 is 1. The number of hydrogen-bond acceptors (Lipinski definition) is 3. The summed E-state index contributed by atoms with van der Waals surface area (Å²) in [4.78, 5) is 0. The highest BCUT2D eigenvalue weighted by Crippen LogP contribution is 2.37. The van der Waals surface area contributed by atoms with Crippen LogP contribution in [0.1, 0.15) is 28.7 Å². The van der Waals surface area contributed by atoms with Gasteiger partial charge in [-0.15, -0.1) is 0 Å². The number of hydrogen-bond donors (Lipinski definition) is 2. The molecule has 2 atom stereocenters. The van der Waals surface area contributed by atoms with Gasteiger partial charge in [0.25, 0.3) is 0 Å². The molecule has 0 bridgehead atoms. The largest absolute Gasteiger partial charge is 0.496 e. The number of benzene rings is 2. The van der Waals surface area contributed by atoms with Crippen LogP contribution in [-0.4, -0.2) is 18.8 Å². The second-order valence-corrected chi connectivity index (χ2v) is 5.52. The summed E-state index contributed by atoms with van der Waals surface area (Å²) in [6.45, 7) is 2.29. The zero-order valence-corrected chi connectivity index (χ0v) is 13.0. The lowest BCUT2D eigenvalue weighted by atomic mass is 9.88. The van der Waals surface area contributed by atoms with Crippen molar-refractivity contribution in [3.05, 3.63) is 64.2 Å². The van der Waals surface area contributed by atoms with E-state index in [4.69, 9.17) is 22.1 Å². The fourth-order valence-electron chi connectivity index (χ4n) is 2.51. The maximum atomic E-state index is 10.7. The second-order valence-electron chi connectivity index (χ2n) is 5.09. The molecule has 2 aromatic carbocycles. The maximum Gasteiger partial charge on any atom is 0.122 e. The van der Waals surface area contributed by atoms with Gasteiger partial charge in [-0.1, -0.05) is 41.4 Å². The fraction of sp³-hybridized carbons (Fsp3) is 0.294. The van der Waals surface area contributed by atoms with Gasteiger partial charge in [0.15, 0.2) is 0 Å². The zero-order valence-electron chi connectivity index (χ0n) is 12.2. The molecule has 0 aromatic heterocycles. The third-order valence-corrected chi connectivity index (χ3v) is 3.85. The van der Waals surface area contributed by atoms with Gasteiger partial charge in [-0.05, 0) is 30.7 Å². The van der Waals surface area contributed by atoms with Crippen molar-refractivity contribution >= 4 is 11.6 Å². The quantitative estimate of drug-likeness (QED) is 0.890. The predicted molar refractivity (Wildman–Crippen MR) is 85.9 cm³/mol. The van der Waals surface area contributed by atoms with Crippen molar-refractivity contribution in [2.24, 2.45) is 5.73 Å². The SMILES string of the molecule is COc1ccc(Cl)cc1C(CN)C(O)c1cccc(C)c1. The van der Waals surface area contributed by atoms with Crippen molar-refractivity contribution in [1.29, 1.82) is 0 Å². The molecule has 2 aromatic rings. The van der Waals surface area contributed by atoms with Crippen molar-refractivity contribution in [2.75, 3.05) is 13.7 Å². The Morgan fingerprint density at radius 2 is 2.00 bits per heavy atom. The molecule has 2 rings (SSSR count). The lowest BCUT2D eigenvalue weighted by Crippen LogP contribution is -2.21. The first-order valence-electron chi connectivity index (χ1n) is 6.85. The average molecular weight is 306 g/mol. The van der Waals surface area contributed by atoms with Gasteiger partial charge in [-0.3, -0.25) is 0 Å². The number of nitrogens with two attached hydrogens (primary N) is 1. The Kier molecular flexibility index (Phi) is 5.23. The Bertz CT molecular complexity index is 615. The molecule has 4 heteroatoms. The first-order chi connectivity index (χ1) is 10.1. The summed E-state index contributed by atoms with van der Waals surface area (Å²) in [5.74, 6) is 0.405. The van der Waals surface area contributed by atoms with Crippen LogP contribution in [0.25, 0.3) is 0 Å².